The van der Waals surface area contributed by atoms with Gasteiger partial charge in [-0.1, -0.05) is 42.0 Å². The highest BCUT2D eigenvalue weighted by Crippen LogP contribution is 2.41. The van der Waals surface area contributed by atoms with Gasteiger partial charge in [0, 0.05) is 30.6 Å². The van der Waals surface area contributed by atoms with Crippen LogP contribution in [0.3, 0.4) is 0 Å². The lowest BCUT2D eigenvalue weighted by atomic mass is 9.94. The third-order valence-corrected chi connectivity index (χ3v) is 24.4. The van der Waals surface area contributed by atoms with Gasteiger partial charge in [0.25, 0.3) is 10.1 Å². The van der Waals surface area contributed by atoms with Crippen LogP contribution in [0.2, 0.25) is 0 Å². The number of benzene rings is 3. The number of ether oxygens (including phenoxy) is 17. The molecule has 30 saturated heterocycles. The van der Waals surface area contributed by atoms with Crippen LogP contribution in [0, 0.1) is 6.92 Å². The highest BCUT2D eigenvalue weighted by atomic mass is 32.2. The number of sulfonamides is 1. The Balaban J connectivity index is 0.834. The lowest BCUT2D eigenvalue weighted by molar-refractivity contribution is -0.404. The second-order valence-corrected chi connectivity index (χ2v) is 33.0. The Morgan fingerprint density at radius 3 is 0.898 bits per heavy atom. The molecule has 668 valence electrons. The molecule has 118 heavy (non-hydrogen) atoms. The molecule has 30 aliphatic heterocycles. The number of esters is 1. The molecule has 0 unspecified atom stereocenters. The lowest BCUT2D eigenvalue weighted by Gasteiger charge is -2.50. The number of carbonyl (C=O) groups is 1. The monoisotopic (exact) mass is 1740 g/mol. The average molecular weight is 1740 g/mol. The van der Waals surface area contributed by atoms with E-state index in [9.17, 15) is 134 Å². The van der Waals surface area contributed by atoms with Crippen LogP contribution in [0.25, 0.3) is 10.8 Å². The Bertz CT molecular complexity index is 3990. The first kappa shape index (κ1) is 92.7. The minimum absolute atomic E-state index is 0.255. The van der Waals surface area contributed by atoms with Crippen molar-refractivity contribution < 1.29 is 219 Å². The van der Waals surface area contributed by atoms with Gasteiger partial charge in [-0.25, -0.2) is 8.42 Å². The minimum Gasteiger partial charge on any atom is -0.462 e. The zero-order valence-electron chi connectivity index (χ0n) is 62.7. The van der Waals surface area contributed by atoms with Crippen molar-refractivity contribution in [3.63, 3.8) is 0 Å². The van der Waals surface area contributed by atoms with Crippen LogP contribution in [0.1, 0.15) is 5.56 Å². The first-order valence-corrected chi connectivity index (χ1v) is 40.2. The summed E-state index contributed by atoms with van der Waals surface area (Å²) < 4.78 is 162. The van der Waals surface area contributed by atoms with E-state index in [1.165, 1.54) is 30.3 Å². The summed E-state index contributed by atoms with van der Waals surface area (Å²) in [5.74, 6) is -1.35. The van der Waals surface area contributed by atoms with Crippen molar-refractivity contribution in [1.29, 1.82) is 0 Å². The highest BCUT2D eigenvalue weighted by molar-refractivity contribution is 7.89. The number of anilines is 1. The summed E-state index contributed by atoms with van der Waals surface area (Å²) in [5, 5.41) is 253. The molecule has 23 N–H and O–H groups in total. The molecular weight excluding hydrogens is 1640 g/mol. The van der Waals surface area contributed by atoms with E-state index < -0.39 is 336 Å². The van der Waals surface area contributed by atoms with E-state index in [1.54, 1.807) is 44.1 Å². The fraction of sp³-hybridized carbons (Fsp3) is 0.754. The first-order chi connectivity index (χ1) is 56.0. The second kappa shape index (κ2) is 38.9. The predicted molar refractivity (Wildman–Crippen MR) is 376 cm³/mol. The number of hydrogen-bond acceptors (Lipinski definition) is 46. The van der Waals surface area contributed by atoms with Crippen LogP contribution in [-0.4, -0.2) is 454 Å². The van der Waals surface area contributed by atoms with Gasteiger partial charge in [0.2, 0.25) is 10.0 Å². The summed E-state index contributed by atoms with van der Waals surface area (Å²) in [6.07, 6.45) is -88.4. The number of nitrogens with one attached hydrogen (secondary N) is 1. The van der Waals surface area contributed by atoms with Crippen molar-refractivity contribution in [2.45, 2.75) is 262 Å². The van der Waals surface area contributed by atoms with Crippen molar-refractivity contribution in [3.05, 3.63) is 66.2 Å². The quantitative estimate of drug-likeness (QED) is 0.0441. The molecule has 0 aromatic heterocycles. The van der Waals surface area contributed by atoms with E-state index in [1.807, 2.05) is 0 Å². The Morgan fingerprint density at radius 1 is 0.347 bits per heavy atom. The Kier molecular flexibility index (Phi) is 30.6. The molecule has 16 bridgehead atoms. The van der Waals surface area contributed by atoms with Crippen molar-refractivity contribution in [1.82, 2.24) is 4.72 Å². The van der Waals surface area contributed by atoms with Gasteiger partial charge in [-0.2, -0.15) is 13.1 Å². The number of carbonyl (C=O) groups excluding carboxylic acids is 1. The molecule has 0 amide bonds. The molecule has 3 aromatic rings. The van der Waals surface area contributed by atoms with Crippen molar-refractivity contribution in [2.24, 2.45) is 0 Å². The van der Waals surface area contributed by atoms with Crippen molar-refractivity contribution >= 4 is 42.6 Å². The molecule has 30 aliphatic rings. The molecule has 0 spiro atoms. The van der Waals surface area contributed by atoms with Crippen LogP contribution in [-0.2, 0) is 110 Å². The van der Waals surface area contributed by atoms with Gasteiger partial charge < -0.3 is 198 Å². The third kappa shape index (κ3) is 19.2. The van der Waals surface area contributed by atoms with Crippen LogP contribution in [0.15, 0.2) is 70.5 Å². The summed E-state index contributed by atoms with van der Waals surface area (Å²) in [4.78, 5) is 14.8. The highest BCUT2D eigenvalue weighted by Gasteiger charge is 2.61. The number of aliphatic hydroxyl groups excluding tert-OH is 22. The molecule has 3 aromatic carbocycles. The maximum Gasteiger partial charge on any atom is 0.321 e. The second-order valence-electron chi connectivity index (χ2n) is 29.7. The van der Waals surface area contributed by atoms with Gasteiger partial charge >= 0.3 is 5.97 Å². The van der Waals surface area contributed by atoms with Crippen LogP contribution in [0.5, 0.6) is 0 Å². The zero-order valence-corrected chi connectivity index (χ0v) is 64.4. The molecule has 33 rings (SSSR count). The van der Waals surface area contributed by atoms with Gasteiger partial charge in [-0.15, -0.1) is 0 Å². The van der Waals surface area contributed by atoms with Crippen molar-refractivity contribution in [3.8, 4) is 0 Å². The molecule has 40 atom stereocenters. The summed E-state index contributed by atoms with van der Waals surface area (Å²) in [5.41, 5.74) is 1.26. The van der Waals surface area contributed by atoms with Crippen LogP contribution in [0.4, 0.5) is 5.69 Å². The number of nitrogens with zero attached hydrogens (tertiary/aromatic N) is 1. The maximum atomic E-state index is 13.9. The van der Waals surface area contributed by atoms with Gasteiger partial charge in [-0.3, -0.25) is 8.98 Å². The number of fused-ring (bicyclic) bond motifs is 1. The molecule has 47 nitrogen and oxygen atoms in total. The molecule has 49 heteroatoms. The predicted octanol–water partition coefficient (Wildman–Crippen LogP) is -13.9. The van der Waals surface area contributed by atoms with E-state index in [2.05, 4.69) is 4.72 Å². The molecule has 0 radical (unpaired) electrons. The van der Waals surface area contributed by atoms with Crippen LogP contribution >= 0.6 is 0 Å². The normalized spacial score (nSPS) is 44.5. The largest absolute Gasteiger partial charge is 0.462 e. The molecular formula is C69H100N2O45S2. The summed E-state index contributed by atoms with van der Waals surface area (Å²) in [7, 11) is -5.90. The fourth-order valence-corrected chi connectivity index (χ4v) is 17.3. The number of aryl methyl sites for hydroxylation is 1. The summed E-state index contributed by atoms with van der Waals surface area (Å²) >= 11 is 0. The number of rotatable bonds is 17. The Labute approximate surface area is 670 Å². The first-order valence-electron chi connectivity index (χ1n) is 37.3. The van der Waals surface area contributed by atoms with E-state index >= 15 is 0 Å². The van der Waals surface area contributed by atoms with Crippen molar-refractivity contribution in [2.75, 3.05) is 78.4 Å². The maximum absolute atomic E-state index is 13.9. The van der Waals surface area contributed by atoms with Gasteiger partial charge in [0.1, 0.15) is 208 Å². The smallest absolute Gasteiger partial charge is 0.321 e. The fourth-order valence-electron chi connectivity index (χ4n) is 15.2. The van der Waals surface area contributed by atoms with Gasteiger partial charge in [0.15, 0.2) is 50.3 Å². The Hall–Kier alpha value is -4.51. The van der Waals surface area contributed by atoms with E-state index in [-0.39, 0.29) is 10.3 Å². The lowest BCUT2D eigenvalue weighted by Crippen LogP contribution is -2.69. The number of aliphatic hydroxyl groups is 22. The zero-order chi connectivity index (χ0) is 85.6. The van der Waals surface area contributed by atoms with Gasteiger partial charge in [0.05, 0.1) is 56.0 Å². The van der Waals surface area contributed by atoms with E-state index in [0.29, 0.717) is 16.6 Å². The molecule has 30 heterocycles. The summed E-state index contributed by atoms with van der Waals surface area (Å²) in [6.45, 7) is -8.88. The third-order valence-electron chi connectivity index (χ3n) is 21.7. The standard InChI is InChI=1S/C69H100N2O45S2/c1-23-10-12-24(13-11-23)118(97,98)100-22-35-61-45(86)53(94)69(108-35)114-59-33(20-77)104-65(49(90)41(59)82)111-56-30(17-74)105-66(50(91)42(56)83)115-60-34(21-99-37(78)14-70-117(95,96)36-9-5-6-25-26(36)7-4-8-27(25)71(2)3)107-68(52(93)44(60)85)113-58-32(19-76)103-64(48(89)40(58)81)110-55-29(16-73)101-62(46(87)38(55)79)109-54-28(15-72)102-63(47(88)39(54)80)112-57-31(18-75)106-67(116-61)51(92)43(57)84/h4-13,28-35,38-70,72-77,79-94H,14-22H2,1-3H3/t28-,29-,30-,31-,32-,33-,34-,35-,38-,39+,40-,41+,42-,43+,44-,45-,46-,47+,48-,49+,50-,51-,52-,53+,54-,55-,56-,57-,58-,59-,60-,61-,62-,63-,64-,65-,66-,67-,68-,69-/m1/s1. The molecule has 0 saturated carbocycles. The Morgan fingerprint density at radius 2 is 0.610 bits per heavy atom. The molecule has 0 aliphatic carbocycles. The van der Waals surface area contributed by atoms with E-state index in [4.69, 9.17) is 84.7 Å². The topological polar surface area (TPSA) is 712 Å². The minimum atomic E-state index is -4.80. The molecule has 30 fully saturated rings. The van der Waals surface area contributed by atoms with Gasteiger partial charge in [-0.05, 0) is 31.2 Å². The SMILES string of the molecule is Cc1ccc(S(=O)(=O)OC[C@H]2O[C@@H]3O[C@H]4[C@@H](O)[C@H](O)[C@@H](O[C@H]5[C@H](O)[C@@H](O)[C@@H](O[C@H]6[C@H](O)[C@@H](O)[C@@H](O[C@H]7[C@H](O)[C@@H](O)[C@@H](O[C@H]8[C@H](O)[C@@H](O)[C@@H](O[C@H]9[C@@H](O)[C@H](O)[C@@H](O[C@H]%10[C@@H](O)[C@@H](O)[C@@H](O[C@H]2[C@H](O)[C@@H]3O)O[C@@H]%10CO)O[C@@H]9CO)O[C@@H]8CO)O[C@@H]7CO)O[C@@H]6COC(=O)CNS(=O)(=O)c2cccc3c(N(C)C)cccc23)O[C@@H]5CO)O[C@@H]4CO)cc1. The van der Waals surface area contributed by atoms with E-state index in [0.717, 1.165) is 12.1 Å². The summed E-state index contributed by atoms with van der Waals surface area (Å²) in [6, 6.07) is 14.4. The average Bonchev–Trinajstić information content (AvgIpc) is 0.808. The number of hydrogen-bond donors (Lipinski definition) is 23. The van der Waals surface area contributed by atoms with Crippen LogP contribution < -0.4 is 9.62 Å².